The molecule has 2 unspecified atom stereocenters. The summed E-state index contributed by atoms with van der Waals surface area (Å²) in [5.41, 5.74) is 6.24. The van der Waals surface area contributed by atoms with E-state index in [1.807, 2.05) is 0 Å². The fourth-order valence-corrected chi connectivity index (χ4v) is 2.13. The van der Waals surface area contributed by atoms with Crippen molar-refractivity contribution < 1.29 is 0 Å². The lowest BCUT2D eigenvalue weighted by Crippen LogP contribution is -2.57. The Balaban J connectivity index is 2.42. The molecule has 0 bridgehead atoms. The Morgan fingerprint density at radius 3 is 1.80 bits per heavy atom. The molecule has 1 aliphatic heterocycles. The number of rotatable bonds is 2. The van der Waals surface area contributed by atoms with Crippen molar-refractivity contribution in [2.24, 2.45) is 5.73 Å². The second-order valence-electron chi connectivity index (χ2n) is 5.79. The van der Waals surface area contributed by atoms with Gasteiger partial charge >= 0.3 is 0 Å². The normalized spacial score (nSPS) is 25.2. The molecule has 0 saturated carbocycles. The number of piperazine rings is 1. The fourth-order valence-electron chi connectivity index (χ4n) is 2.13. The van der Waals surface area contributed by atoms with Gasteiger partial charge in [0.25, 0.3) is 0 Å². The van der Waals surface area contributed by atoms with E-state index in [1.165, 1.54) is 13.1 Å². The van der Waals surface area contributed by atoms with Crippen LogP contribution in [-0.2, 0) is 0 Å². The lowest BCUT2D eigenvalue weighted by Gasteiger charge is -2.44. The summed E-state index contributed by atoms with van der Waals surface area (Å²) in [7, 11) is 0. The summed E-state index contributed by atoms with van der Waals surface area (Å²) >= 11 is 0. The lowest BCUT2D eigenvalue weighted by molar-refractivity contribution is 0.0415. The first kappa shape index (κ1) is 12.9. The second-order valence-corrected chi connectivity index (χ2v) is 5.79. The molecular formula is C12H27N3. The molecular weight excluding hydrogens is 186 g/mol. The van der Waals surface area contributed by atoms with Crippen LogP contribution in [0.25, 0.3) is 0 Å². The van der Waals surface area contributed by atoms with Crippen LogP contribution < -0.4 is 5.73 Å². The number of nitrogens with two attached hydrogens (primary N) is 1. The minimum Gasteiger partial charge on any atom is -0.327 e. The minimum atomic E-state index is 0.270. The van der Waals surface area contributed by atoms with Crippen LogP contribution >= 0.6 is 0 Å². The van der Waals surface area contributed by atoms with Gasteiger partial charge in [-0.05, 0) is 34.6 Å². The summed E-state index contributed by atoms with van der Waals surface area (Å²) in [6, 6.07) is 0.776. The second kappa shape index (κ2) is 4.81. The van der Waals surface area contributed by atoms with Gasteiger partial charge < -0.3 is 5.73 Å². The zero-order valence-corrected chi connectivity index (χ0v) is 11.0. The zero-order valence-electron chi connectivity index (χ0n) is 11.0. The van der Waals surface area contributed by atoms with Crippen LogP contribution in [0.2, 0.25) is 0 Å². The average molecular weight is 213 g/mol. The van der Waals surface area contributed by atoms with E-state index in [1.54, 1.807) is 0 Å². The van der Waals surface area contributed by atoms with Crippen molar-refractivity contribution in [2.45, 2.75) is 52.2 Å². The van der Waals surface area contributed by atoms with Gasteiger partial charge in [0.05, 0.1) is 0 Å². The Labute approximate surface area is 94.6 Å². The van der Waals surface area contributed by atoms with E-state index in [4.69, 9.17) is 5.73 Å². The summed E-state index contributed by atoms with van der Waals surface area (Å²) in [5.74, 6) is 0. The van der Waals surface area contributed by atoms with Gasteiger partial charge in [0, 0.05) is 43.8 Å². The van der Waals surface area contributed by atoms with Gasteiger partial charge in [-0.3, -0.25) is 9.80 Å². The smallest absolute Gasteiger partial charge is 0.0217 e. The summed E-state index contributed by atoms with van der Waals surface area (Å²) in [6.07, 6.45) is 0. The Morgan fingerprint density at radius 2 is 1.47 bits per heavy atom. The molecule has 3 nitrogen and oxygen atoms in total. The van der Waals surface area contributed by atoms with Gasteiger partial charge in [-0.2, -0.15) is 0 Å². The molecule has 0 spiro atoms. The number of nitrogens with zero attached hydrogens (tertiary/aromatic N) is 2. The SMILES string of the molecule is CC(N)C(C)N1CCN(C(C)(C)C)CC1. The molecule has 0 aromatic rings. The molecule has 1 fully saturated rings. The molecule has 0 radical (unpaired) electrons. The van der Waals surface area contributed by atoms with Gasteiger partial charge in [-0.15, -0.1) is 0 Å². The number of hydrogen-bond acceptors (Lipinski definition) is 3. The lowest BCUT2D eigenvalue weighted by atomic mass is 10.0. The summed E-state index contributed by atoms with van der Waals surface area (Å²) < 4.78 is 0. The molecule has 90 valence electrons. The van der Waals surface area contributed by atoms with Crippen molar-refractivity contribution in [3.63, 3.8) is 0 Å². The van der Waals surface area contributed by atoms with Crippen LogP contribution in [-0.4, -0.2) is 53.6 Å². The van der Waals surface area contributed by atoms with Crippen LogP contribution in [0.3, 0.4) is 0 Å². The first-order valence-corrected chi connectivity index (χ1v) is 6.07. The maximum Gasteiger partial charge on any atom is 0.0217 e. The van der Waals surface area contributed by atoms with Crippen LogP contribution in [0.4, 0.5) is 0 Å². The fraction of sp³-hybridized carbons (Fsp3) is 1.00. The molecule has 2 N–H and O–H groups in total. The van der Waals surface area contributed by atoms with Crippen LogP contribution in [0.5, 0.6) is 0 Å². The van der Waals surface area contributed by atoms with E-state index < -0.39 is 0 Å². The predicted molar refractivity (Wildman–Crippen MR) is 66.0 cm³/mol. The van der Waals surface area contributed by atoms with Gasteiger partial charge in [-0.1, -0.05) is 0 Å². The highest BCUT2D eigenvalue weighted by Gasteiger charge is 2.28. The molecule has 0 aromatic heterocycles. The van der Waals surface area contributed by atoms with Gasteiger partial charge in [0.1, 0.15) is 0 Å². The predicted octanol–water partition coefficient (Wildman–Crippen LogP) is 1.14. The van der Waals surface area contributed by atoms with Gasteiger partial charge in [0.15, 0.2) is 0 Å². The summed E-state index contributed by atoms with van der Waals surface area (Å²) in [6.45, 7) is 15.8. The van der Waals surface area contributed by atoms with Gasteiger partial charge in [0.2, 0.25) is 0 Å². The third-order valence-electron chi connectivity index (χ3n) is 3.60. The first-order valence-electron chi connectivity index (χ1n) is 6.07. The molecule has 3 heteroatoms. The van der Waals surface area contributed by atoms with E-state index in [9.17, 15) is 0 Å². The minimum absolute atomic E-state index is 0.270. The molecule has 1 saturated heterocycles. The van der Waals surface area contributed by atoms with Crippen LogP contribution in [0.15, 0.2) is 0 Å². The first-order chi connectivity index (χ1) is 6.82. The van der Waals surface area contributed by atoms with E-state index >= 15 is 0 Å². The Bertz CT molecular complexity index is 188. The Hall–Kier alpha value is -0.120. The summed E-state index contributed by atoms with van der Waals surface area (Å²) in [4.78, 5) is 5.06. The highest BCUT2D eigenvalue weighted by molar-refractivity contribution is 4.85. The monoisotopic (exact) mass is 213 g/mol. The van der Waals surface area contributed by atoms with Crippen molar-refractivity contribution in [3.05, 3.63) is 0 Å². The number of hydrogen-bond donors (Lipinski definition) is 1. The topological polar surface area (TPSA) is 32.5 Å². The molecule has 0 aliphatic carbocycles. The van der Waals surface area contributed by atoms with E-state index in [-0.39, 0.29) is 6.04 Å². The molecule has 2 atom stereocenters. The van der Waals surface area contributed by atoms with Crippen LogP contribution in [0, 0.1) is 0 Å². The highest BCUT2D eigenvalue weighted by Crippen LogP contribution is 2.17. The molecule has 1 rings (SSSR count). The van der Waals surface area contributed by atoms with Crippen molar-refractivity contribution in [2.75, 3.05) is 26.2 Å². The largest absolute Gasteiger partial charge is 0.327 e. The molecule has 0 aromatic carbocycles. The molecule has 0 amide bonds. The molecule has 15 heavy (non-hydrogen) atoms. The third kappa shape index (κ3) is 3.44. The van der Waals surface area contributed by atoms with Gasteiger partial charge in [-0.25, -0.2) is 0 Å². The van der Waals surface area contributed by atoms with Crippen LogP contribution in [0.1, 0.15) is 34.6 Å². The van der Waals surface area contributed by atoms with E-state index in [0.29, 0.717) is 11.6 Å². The van der Waals surface area contributed by atoms with Crippen molar-refractivity contribution in [1.82, 2.24) is 9.80 Å². The molecule has 1 aliphatic rings. The van der Waals surface area contributed by atoms with E-state index in [2.05, 4.69) is 44.4 Å². The standard InChI is InChI=1S/C12H27N3/c1-10(13)11(2)14-6-8-15(9-7-14)12(3,4)5/h10-11H,6-9,13H2,1-5H3. The summed E-state index contributed by atoms with van der Waals surface area (Å²) in [5, 5.41) is 0. The van der Waals surface area contributed by atoms with E-state index in [0.717, 1.165) is 13.1 Å². The average Bonchev–Trinajstić information content (AvgIpc) is 2.15. The highest BCUT2D eigenvalue weighted by atomic mass is 15.3. The van der Waals surface area contributed by atoms with Crippen molar-refractivity contribution in [1.29, 1.82) is 0 Å². The Kier molecular flexibility index (Phi) is 4.15. The Morgan fingerprint density at radius 1 is 1.00 bits per heavy atom. The third-order valence-corrected chi connectivity index (χ3v) is 3.60. The van der Waals surface area contributed by atoms with Crippen molar-refractivity contribution in [3.8, 4) is 0 Å². The zero-order chi connectivity index (χ0) is 11.6. The quantitative estimate of drug-likeness (QED) is 0.746. The van der Waals surface area contributed by atoms with Crippen molar-refractivity contribution >= 4 is 0 Å². The maximum atomic E-state index is 5.93. The maximum absolute atomic E-state index is 5.93. The molecule has 1 heterocycles.